The van der Waals surface area contributed by atoms with Crippen LogP contribution in [0.2, 0.25) is 0 Å². The molecule has 0 saturated carbocycles. The van der Waals surface area contributed by atoms with Crippen LogP contribution in [0.3, 0.4) is 0 Å². The lowest BCUT2D eigenvalue weighted by Crippen LogP contribution is -2.29. The number of benzene rings is 2. The third-order valence-electron chi connectivity index (χ3n) is 5.68. The summed E-state index contributed by atoms with van der Waals surface area (Å²) in [6, 6.07) is 13.3. The molecule has 2 heterocycles. The Hall–Kier alpha value is -2.72. The van der Waals surface area contributed by atoms with Crippen molar-refractivity contribution in [1.82, 2.24) is 9.88 Å². The molecule has 1 saturated heterocycles. The fourth-order valence-electron chi connectivity index (χ4n) is 4.32. The Labute approximate surface area is 158 Å². The van der Waals surface area contributed by atoms with Crippen molar-refractivity contribution >= 4 is 22.2 Å². The van der Waals surface area contributed by atoms with Crippen LogP contribution in [0.15, 0.2) is 48.5 Å². The number of aromatic amines is 1. The summed E-state index contributed by atoms with van der Waals surface area (Å²) in [7, 11) is 0. The fraction of sp³-hybridized carbons (Fsp3) is 0.261. The Bertz CT molecular complexity index is 1070. The van der Waals surface area contributed by atoms with Crippen LogP contribution in [0.5, 0.6) is 0 Å². The molecule has 1 aromatic heterocycles. The predicted molar refractivity (Wildman–Crippen MR) is 108 cm³/mol. The molecule has 0 bridgehead atoms. The number of piperidine rings is 1. The standard InChI is InChI=1S/C23H22FN3/c24-17-5-6-19-20(13-22(25)21(19)12-17)15-4-7-23-16(10-15)11-18(26-23)14-27-8-2-1-3-9-27/h4-7,10-13,25-26H,1-3,8-9,14H2. The molecule has 1 fully saturated rings. The number of allylic oxidation sites excluding steroid dienone is 1. The first-order chi connectivity index (χ1) is 13.2. The van der Waals surface area contributed by atoms with E-state index in [1.54, 1.807) is 6.07 Å². The molecular formula is C23H22FN3. The summed E-state index contributed by atoms with van der Waals surface area (Å²) in [5, 5.41) is 9.35. The van der Waals surface area contributed by atoms with Crippen molar-refractivity contribution in [1.29, 1.82) is 5.41 Å². The monoisotopic (exact) mass is 359 g/mol. The molecule has 0 unspecified atom stereocenters. The van der Waals surface area contributed by atoms with Crippen molar-refractivity contribution in [3.63, 3.8) is 0 Å². The minimum Gasteiger partial charge on any atom is -0.357 e. The van der Waals surface area contributed by atoms with Crippen molar-refractivity contribution in [2.75, 3.05) is 13.1 Å². The van der Waals surface area contributed by atoms with Crippen LogP contribution in [-0.2, 0) is 6.54 Å². The Morgan fingerprint density at radius 2 is 1.81 bits per heavy atom. The number of hydrogen-bond donors (Lipinski definition) is 2. The second kappa shape index (κ2) is 6.46. The highest BCUT2D eigenvalue weighted by Crippen LogP contribution is 2.34. The van der Waals surface area contributed by atoms with E-state index in [9.17, 15) is 4.39 Å². The van der Waals surface area contributed by atoms with E-state index in [2.05, 4.69) is 34.1 Å². The molecule has 2 aromatic carbocycles. The molecular weight excluding hydrogens is 337 g/mol. The molecule has 0 spiro atoms. The second-order valence-corrected chi connectivity index (χ2v) is 7.60. The van der Waals surface area contributed by atoms with Crippen LogP contribution >= 0.6 is 0 Å². The number of fused-ring (bicyclic) bond motifs is 2. The minimum absolute atomic E-state index is 0.295. The first-order valence-corrected chi connectivity index (χ1v) is 9.62. The molecule has 2 N–H and O–H groups in total. The third-order valence-corrected chi connectivity index (χ3v) is 5.68. The molecule has 136 valence electrons. The number of aromatic nitrogens is 1. The molecule has 27 heavy (non-hydrogen) atoms. The average molecular weight is 359 g/mol. The van der Waals surface area contributed by atoms with Crippen molar-refractivity contribution in [2.24, 2.45) is 0 Å². The SMILES string of the molecule is N=C1C=C(c2ccc3[nH]c(CN4CCCCC4)cc3c2)c2ccc(F)cc21. The summed E-state index contributed by atoms with van der Waals surface area (Å²) in [5.74, 6) is -0.295. The first kappa shape index (κ1) is 16.5. The van der Waals surface area contributed by atoms with Gasteiger partial charge in [-0.2, -0.15) is 0 Å². The lowest BCUT2D eigenvalue weighted by Gasteiger charge is -2.25. The Balaban J connectivity index is 1.47. The molecule has 0 amide bonds. The first-order valence-electron chi connectivity index (χ1n) is 9.62. The van der Waals surface area contributed by atoms with Crippen molar-refractivity contribution in [3.8, 4) is 0 Å². The van der Waals surface area contributed by atoms with Crippen LogP contribution in [0.25, 0.3) is 16.5 Å². The third kappa shape index (κ3) is 3.00. The average Bonchev–Trinajstić information content (AvgIpc) is 3.22. The minimum atomic E-state index is -0.295. The van der Waals surface area contributed by atoms with Crippen LogP contribution < -0.4 is 0 Å². The van der Waals surface area contributed by atoms with Gasteiger partial charge in [0.15, 0.2) is 0 Å². The molecule has 3 nitrogen and oxygen atoms in total. The summed E-state index contributed by atoms with van der Waals surface area (Å²) >= 11 is 0. The topological polar surface area (TPSA) is 42.9 Å². The van der Waals surface area contributed by atoms with Gasteiger partial charge in [0, 0.05) is 28.7 Å². The molecule has 0 radical (unpaired) electrons. The normalized spacial score (nSPS) is 17.4. The van der Waals surface area contributed by atoms with Crippen molar-refractivity contribution in [3.05, 3.63) is 76.7 Å². The van der Waals surface area contributed by atoms with Gasteiger partial charge in [-0.25, -0.2) is 4.39 Å². The quantitative estimate of drug-likeness (QED) is 0.671. The van der Waals surface area contributed by atoms with Gasteiger partial charge < -0.3 is 10.4 Å². The zero-order valence-electron chi connectivity index (χ0n) is 15.2. The zero-order chi connectivity index (χ0) is 18.4. The fourth-order valence-corrected chi connectivity index (χ4v) is 4.32. The summed E-state index contributed by atoms with van der Waals surface area (Å²) in [5.41, 5.74) is 6.43. The van der Waals surface area contributed by atoms with E-state index in [4.69, 9.17) is 5.41 Å². The summed E-state index contributed by atoms with van der Waals surface area (Å²) in [4.78, 5) is 6.06. The largest absolute Gasteiger partial charge is 0.357 e. The van der Waals surface area contributed by atoms with Crippen LogP contribution in [0, 0.1) is 11.2 Å². The molecule has 1 aliphatic heterocycles. The van der Waals surface area contributed by atoms with E-state index in [0.29, 0.717) is 11.3 Å². The van der Waals surface area contributed by atoms with Crippen LogP contribution in [0.4, 0.5) is 4.39 Å². The Morgan fingerprint density at radius 1 is 0.963 bits per heavy atom. The highest BCUT2D eigenvalue weighted by molar-refractivity contribution is 6.20. The summed E-state index contributed by atoms with van der Waals surface area (Å²) in [6.45, 7) is 3.34. The van der Waals surface area contributed by atoms with E-state index in [1.165, 1.54) is 55.6 Å². The molecule has 1 aliphatic carbocycles. The number of halogens is 1. The molecule has 4 heteroatoms. The molecule has 0 atom stereocenters. The lowest BCUT2D eigenvalue weighted by molar-refractivity contribution is 0.219. The van der Waals surface area contributed by atoms with Gasteiger partial charge in [-0.05, 0) is 79.0 Å². The number of hydrogen-bond acceptors (Lipinski definition) is 2. The lowest BCUT2D eigenvalue weighted by atomic mass is 9.98. The van der Waals surface area contributed by atoms with Gasteiger partial charge in [-0.1, -0.05) is 18.6 Å². The van der Waals surface area contributed by atoms with Crippen LogP contribution in [0.1, 0.15) is 41.6 Å². The van der Waals surface area contributed by atoms with Gasteiger partial charge in [0.25, 0.3) is 0 Å². The van der Waals surface area contributed by atoms with Gasteiger partial charge in [-0.15, -0.1) is 0 Å². The van der Waals surface area contributed by atoms with Gasteiger partial charge in [0.05, 0.1) is 5.71 Å². The van der Waals surface area contributed by atoms with Crippen molar-refractivity contribution < 1.29 is 4.39 Å². The van der Waals surface area contributed by atoms with E-state index < -0.39 is 0 Å². The Kier molecular flexibility index (Phi) is 3.94. The van der Waals surface area contributed by atoms with Gasteiger partial charge in [0.2, 0.25) is 0 Å². The second-order valence-electron chi connectivity index (χ2n) is 7.60. The maximum Gasteiger partial charge on any atom is 0.123 e. The predicted octanol–water partition coefficient (Wildman–Crippen LogP) is 5.11. The van der Waals surface area contributed by atoms with E-state index >= 15 is 0 Å². The maximum atomic E-state index is 13.5. The zero-order valence-corrected chi connectivity index (χ0v) is 15.2. The number of nitrogens with one attached hydrogen (secondary N) is 2. The Morgan fingerprint density at radius 3 is 2.67 bits per heavy atom. The van der Waals surface area contributed by atoms with Gasteiger partial charge in [0.1, 0.15) is 5.82 Å². The van der Waals surface area contributed by atoms with Gasteiger partial charge >= 0.3 is 0 Å². The summed E-state index contributed by atoms with van der Waals surface area (Å²) in [6.07, 6.45) is 5.78. The number of rotatable bonds is 3. The van der Waals surface area contributed by atoms with E-state index in [1.807, 2.05) is 6.08 Å². The molecule has 5 rings (SSSR count). The molecule has 3 aromatic rings. The maximum absolute atomic E-state index is 13.5. The molecule has 2 aliphatic rings. The van der Waals surface area contributed by atoms with Gasteiger partial charge in [-0.3, -0.25) is 4.90 Å². The van der Waals surface area contributed by atoms with E-state index in [0.717, 1.165) is 28.8 Å². The highest BCUT2D eigenvalue weighted by Gasteiger charge is 2.21. The number of H-pyrrole nitrogens is 1. The van der Waals surface area contributed by atoms with Crippen LogP contribution in [-0.4, -0.2) is 28.7 Å². The number of nitrogens with zero attached hydrogens (tertiary/aromatic N) is 1. The highest BCUT2D eigenvalue weighted by atomic mass is 19.1. The van der Waals surface area contributed by atoms with E-state index in [-0.39, 0.29) is 5.82 Å². The smallest absolute Gasteiger partial charge is 0.123 e. The number of likely N-dealkylation sites (tertiary alicyclic amines) is 1. The summed E-state index contributed by atoms with van der Waals surface area (Å²) < 4.78 is 13.5. The van der Waals surface area contributed by atoms with Crippen molar-refractivity contribution in [2.45, 2.75) is 25.8 Å².